The number of hydrogen-bond acceptors (Lipinski definition) is 5. The minimum absolute atomic E-state index is 0.125. The van der Waals surface area contributed by atoms with Crippen LogP contribution in [-0.4, -0.2) is 20.4 Å². The molecule has 8 heteroatoms. The van der Waals surface area contributed by atoms with Gasteiger partial charge >= 0.3 is 0 Å². The molecule has 0 aliphatic rings. The normalized spacial score (nSPS) is 10.9. The second kappa shape index (κ2) is 6.10. The van der Waals surface area contributed by atoms with Gasteiger partial charge in [-0.15, -0.1) is 11.3 Å². The second-order valence-corrected chi connectivity index (χ2v) is 6.69. The molecule has 0 fully saturated rings. The van der Waals surface area contributed by atoms with Crippen LogP contribution >= 0.6 is 22.9 Å². The van der Waals surface area contributed by atoms with Crippen LogP contribution in [0.25, 0.3) is 10.2 Å². The number of anilines is 1. The Morgan fingerprint density at radius 2 is 2.13 bits per heavy atom. The minimum Gasteiger partial charge on any atom is -0.309 e. The molecule has 0 saturated carbocycles. The lowest BCUT2D eigenvalue weighted by molar-refractivity contribution is -0.116. The standard InChI is InChI=1S/C15H13ClN4O2S/c1-8-9(2)23-14-13(8)15(22)20(7-18-14)6-12(21)19-11-4-3-10(16)5-17-11/h3-5,7H,6H2,1-2H3,(H,17,19,21). The predicted octanol–water partition coefficient (Wildman–Crippen LogP) is 2.76. The monoisotopic (exact) mass is 348 g/mol. The number of carbonyl (C=O) groups excluding carboxylic acids is 1. The summed E-state index contributed by atoms with van der Waals surface area (Å²) in [5, 5.41) is 3.68. The molecular weight excluding hydrogens is 336 g/mol. The van der Waals surface area contributed by atoms with Gasteiger partial charge in [0.1, 0.15) is 17.2 Å². The van der Waals surface area contributed by atoms with E-state index in [0.29, 0.717) is 21.1 Å². The topological polar surface area (TPSA) is 76.9 Å². The molecule has 0 aliphatic carbocycles. The fourth-order valence-electron chi connectivity index (χ4n) is 2.17. The van der Waals surface area contributed by atoms with Crippen molar-refractivity contribution in [1.82, 2.24) is 14.5 Å². The molecule has 0 unspecified atom stereocenters. The van der Waals surface area contributed by atoms with E-state index >= 15 is 0 Å². The van der Waals surface area contributed by atoms with Crippen molar-refractivity contribution in [2.75, 3.05) is 5.32 Å². The molecule has 0 aliphatic heterocycles. The number of halogens is 1. The highest BCUT2D eigenvalue weighted by Gasteiger charge is 2.13. The van der Waals surface area contributed by atoms with Gasteiger partial charge in [0.05, 0.1) is 16.7 Å². The van der Waals surface area contributed by atoms with E-state index in [0.717, 1.165) is 10.4 Å². The number of aryl methyl sites for hydroxylation is 2. The van der Waals surface area contributed by atoms with Crippen LogP contribution in [0.5, 0.6) is 0 Å². The molecule has 0 bridgehead atoms. The van der Waals surface area contributed by atoms with E-state index in [2.05, 4.69) is 15.3 Å². The van der Waals surface area contributed by atoms with Gasteiger partial charge < -0.3 is 5.32 Å². The van der Waals surface area contributed by atoms with Gasteiger partial charge in [0.25, 0.3) is 5.56 Å². The molecular formula is C15H13ClN4O2S. The SMILES string of the molecule is Cc1sc2ncn(CC(=O)Nc3ccc(Cl)cn3)c(=O)c2c1C. The third-order valence-corrected chi connectivity index (χ3v) is 4.80. The van der Waals surface area contributed by atoms with Gasteiger partial charge in [-0.3, -0.25) is 14.2 Å². The highest BCUT2D eigenvalue weighted by molar-refractivity contribution is 7.18. The Labute approximate surface area is 140 Å². The number of carbonyl (C=O) groups is 1. The molecule has 3 heterocycles. The van der Waals surface area contributed by atoms with Crippen molar-refractivity contribution in [3.05, 3.63) is 50.5 Å². The first-order valence-corrected chi connectivity index (χ1v) is 8.01. The van der Waals surface area contributed by atoms with E-state index in [9.17, 15) is 9.59 Å². The zero-order valence-electron chi connectivity index (χ0n) is 12.5. The van der Waals surface area contributed by atoms with E-state index in [1.165, 1.54) is 28.4 Å². The molecule has 3 rings (SSSR count). The molecule has 3 aromatic heterocycles. The van der Waals surface area contributed by atoms with Crippen molar-refractivity contribution in [3.8, 4) is 0 Å². The number of fused-ring (bicyclic) bond motifs is 1. The van der Waals surface area contributed by atoms with Crippen LogP contribution in [0.2, 0.25) is 5.02 Å². The summed E-state index contributed by atoms with van der Waals surface area (Å²) in [6, 6.07) is 3.22. The third-order valence-electron chi connectivity index (χ3n) is 3.46. The van der Waals surface area contributed by atoms with E-state index < -0.39 is 0 Å². The summed E-state index contributed by atoms with van der Waals surface area (Å²) >= 11 is 7.22. The summed E-state index contributed by atoms with van der Waals surface area (Å²) in [5.41, 5.74) is 0.702. The first-order chi connectivity index (χ1) is 11.0. The molecule has 1 amide bonds. The number of rotatable bonds is 3. The Hall–Kier alpha value is -2.25. The fourth-order valence-corrected chi connectivity index (χ4v) is 3.27. The Morgan fingerprint density at radius 1 is 1.35 bits per heavy atom. The highest BCUT2D eigenvalue weighted by atomic mass is 35.5. The lowest BCUT2D eigenvalue weighted by Crippen LogP contribution is -2.28. The molecule has 0 spiro atoms. The Bertz CT molecular complexity index is 947. The summed E-state index contributed by atoms with van der Waals surface area (Å²) in [5.74, 6) is 0.0247. The average Bonchev–Trinajstić information content (AvgIpc) is 2.80. The van der Waals surface area contributed by atoms with Crippen molar-refractivity contribution < 1.29 is 4.79 Å². The van der Waals surface area contributed by atoms with Crippen LogP contribution in [0, 0.1) is 13.8 Å². The van der Waals surface area contributed by atoms with Crippen molar-refractivity contribution in [1.29, 1.82) is 0 Å². The lowest BCUT2D eigenvalue weighted by Gasteiger charge is -2.06. The number of nitrogens with zero attached hydrogens (tertiary/aromatic N) is 3. The Kier molecular flexibility index (Phi) is 4.14. The highest BCUT2D eigenvalue weighted by Crippen LogP contribution is 2.25. The molecule has 1 N–H and O–H groups in total. The first kappa shape index (κ1) is 15.6. The number of thiophene rings is 1. The quantitative estimate of drug-likeness (QED) is 0.789. The van der Waals surface area contributed by atoms with Gasteiger partial charge in [-0.2, -0.15) is 0 Å². The van der Waals surface area contributed by atoms with E-state index in [1.807, 2.05) is 13.8 Å². The summed E-state index contributed by atoms with van der Waals surface area (Å²) in [6.45, 7) is 3.71. The molecule has 118 valence electrons. The largest absolute Gasteiger partial charge is 0.309 e. The molecule has 6 nitrogen and oxygen atoms in total. The molecule has 0 aromatic carbocycles. The van der Waals surface area contributed by atoms with Crippen LogP contribution in [0.3, 0.4) is 0 Å². The smallest absolute Gasteiger partial charge is 0.262 e. The number of amides is 1. The Morgan fingerprint density at radius 3 is 2.83 bits per heavy atom. The maximum Gasteiger partial charge on any atom is 0.262 e. The van der Waals surface area contributed by atoms with E-state index in [4.69, 9.17) is 11.6 Å². The zero-order valence-corrected chi connectivity index (χ0v) is 14.0. The van der Waals surface area contributed by atoms with Crippen molar-refractivity contribution in [2.45, 2.75) is 20.4 Å². The van der Waals surface area contributed by atoms with Crippen LogP contribution in [-0.2, 0) is 11.3 Å². The second-order valence-electron chi connectivity index (χ2n) is 5.05. The van der Waals surface area contributed by atoms with Crippen molar-refractivity contribution in [3.63, 3.8) is 0 Å². The van der Waals surface area contributed by atoms with Gasteiger partial charge in [0.2, 0.25) is 5.91 Å². The number of pyridine rings is 1. The average molecular weight is 349 g/mol. The third kappa shape index (κ3) is 3.11. The molecule has 3 aromatic rings. The van der Waals surface area contributed by atoms with E-state index in [1.54, 1.807) is 12.1 Å². The number of hydrogen-bond donors (Lipinski definition) is 1. The van der Waals surface area contributed by atoms with Crippen LogP contribution in [0.1, 0.15) is 10.4 Å². The summed E-state index contributed by atoms with van der Waals surface area (Å²) < 4.78 is 1.30. The van der Waals surface area contributed by atoms with Crippen LogP contribution in [0.4, 0.5) is 5.82 Å². The molecule has 0 radical (unpaired) electrons. The zero-order chi connectivity index (χ0) is 16.6. The maximum absolute atomic E-state index is 12.5. The minimum atomic E-state index is -0.354. The summed E-state index contributed by atoms with van der Waals surface area (Å²) in [6.07, 6.45) is 2.84. The van der Waals surface area contributed by atoms with Crippen LogP contribution < -0.4 is 10.9 Å². The summed E-state index contributed by atoms with van der Waals surface area (Å²) in [7, 11) is 0. The van der Waals surface area contributed by atoms with E-state index in [-0.39, 0.29) is 18.0 Å². The lowest BCUT2D eigenvalue weighted by atomic mass is 10.2. The Balaban J connectivity index is 1.85. The number of aromatic nitrogens is 3. The molecule has 0 atom stereocenters. The molecule has 0 saturated heterocycles. The molecule has 23 heavy (non-hydrogen) atoms. The van der Waals surface area contributed by atoms with Crippen LogP contribution in [0.15, 0.2) is 29.5 Å². The van der Waals surface area contributed by atoms with Gasteiger partial charge in [0, 0.05) is 11.1 Å². The predicted molar refractivity (Wildman–Crippen MR) is 91.2 cm³/mol. The van der Waals surface area contributed by atoms with Gasteiger partial charge in [-0.05, 0) is 31.5 Å². The van der Waals surface area contributed by atoms with Gasteiger partial charge in [-0.25, -0.2) is 9.97 Å². The first-order valence-electron chi connectivity index (χ1n) is 6.82. The number of nitrogens with one attached hydrogen (secondary N) is 1. The van der Waals surface area contributed by atoms with Gasteiger partial charge in [-0.1, -0.05) is 11.6 Å². The maximum atomic E-state index is 12.5. The van der Waals surface area contributed by atoms with Crippen molar-refractivity contribution >= 4 is 44.9 Å². The summed E-state index contributed by atoms with van der Waals surface area (Å²) in [4.78, 5) is 34.6. The van der Waals surface area contributed by atoms with Crippen molar-refractivity contribution in [2.24, 2.45) is 0 Å². The van der Waals surface area contributed by atoms with Gasteiger partial charge in [0.15, 0.2) is 0 Å². The fraction of sp³-hybridized carbons (Fsp3) is 0.200.